The van der Waals surface area contributed by atoms with Gasteiger partial charge in [0.25, 0.3) is 0 Å². The molecule has 0 aliphatic heterocycles. The Morgan fingerprint density at radius 3 is 1.58 bits per heavy atom. The normalized spacial score (nSPS) is 10.3. The van der Waals surface area contributed by atoms with E-state index in [1.807, 2.05) is 0 Å². The first-order valence-electron chi connectivity index (χ1n) is 2.95. The van der Waals surface area contributed by atoms with E-state index >= 15 is 0 Å². The second-order valence-electron chi connectivity index (χ2n) is 1.71. The molecular formula is C5H13NaO4SSi. The zero-order valence-electron chi connectivity index (χ0n) is 9.04. The van der Waals surface area contributed by atoms with E-state index < -0.39 is 9.05 Å². The monoisotopic (exact) mass is 220 g/mol. The van der Waals surface area contributed by atoms with Gasteiger partial charge in [-0.3, -0.25) is 0 Å². The van der Waals surface area contributed by atoms with Gasteiger partial charge in [-0.05, 0) is 12.2 Å². The maximum absolute atomic E-state index is 5.09. The molecule has 0 aliphatic rings. The van der Waals surface area contributed by atoms with Gasteiger partial charge in [-0.25, -0.2) is 0 Å². The molecule has 0 amide bonds. The third kappa shape index (κ3) is 4.88. The minimum atomic E-state index is -2.92. The van der Waals surface area contributed by atoms with Gasteiger partial charge in [-0.2, -0.15) is 0 Å². The largest absolute Gasteiger partial charge is 1.00 e. The summed E-state index contributed by atoms with van der Waals surface area (Å²) in [5, 5.41) is 0.349. The Bertz CT molecular complexity index is 138. The molecule has 7 heteroatoms. The average Bonchev–Trinajstić information content (AvgIpc) is 2.00. The Labute approximate surface area is 103 Å². The van der Waals surface area contributed by atoms with Gasteiger partial charge < -0.3 is 19.1 Å². The van der Waals surface area contributed by atoms with Crippen LogP contribution in [0.4, 0.5) is 0 Å². The fraction of sp³-hybridized carbons (Fsp3) is 0.800. The van der Waals surface area contributed by atoms with Crippen molar-refractivity contribution in [2.75, 3.05) is 21.3 Å². The number of hydrogen-bond donors (Lipinski definition) is 0. The summed E-state index contributed by atoms with van der Waals surface area (Å²) in [6, 6.07) is 0. The second-order valence-corrected chi connectivity index (χ2v) is 4.71. The molecule has 0 saturated carbocycles. The Morgan fingerprint density at radius 2 is 1.50 bits per heavy atom. The van der Waals surface area contributed by atoms with E-state index in [4.69, 9.17) is 29.9 Å². The van der Waals surface area contributed by atoms with E-state index in [-0.39, 0.29) is 31.0 Å². The van der Waals surface area contributed by atoms with E-state index in [9.17, 15) is 0 Å². The first-order chi connectivity index (χ1) is 5.10. The number of hydrogen-bond acceptors (Lipinski definition) is 5. The molecule has 0 rings (SSSR count). The molecule has 0 N–H and O–H groups in total. The molecule has 68 valence electrons. The molecule has 0 unspecified atom stereocenters. The van der Waals surface area contributed by atoms with Crippen molar-refractivity contribution in [3.8, 4) is 0 Å². The summed E-state index contributed by atoms with van der Waals surface area (Å²) in [6.07, 6.45) is 0. The molecule has 0 aromatic carbocycles. The summed E-state index contributed by atoms with van der Waals surface area (Å²) in [4.78, 5) is 0. The summed E-state index contributed by atoms with van der Waals surface area (Å²) >= 11 is 4.72. The minimum Gasteiger partial charge on any atom is -1.00 e. The molecular weight excluding hydrogens is 207 g/mol. The van der Waals surface area contributed by atoms with Crippen molar-refractivity contribution in [2.24, 2.45) is 0 Å². The topological polar surface area (TPSA) is 36.9 Å². The van der Waals surface area contributed by atoms with Crippen LogP contribution in [0.1, 0.15) is 8.35 Å². The van der Waals surface area contributed by atoms with E-state index in [0.29, 0.717) is 5.05 Å². The van der Waals surface area contributed by atoms with Gasteiger partial charge in [0.1, 0.15) is 5.05 Å². The molecule has 0 aliphatic carbocycles. The van der Waals surface area contributed by atoms with Crippen LogP contribution in [0.15, 0.2) is 0 Å². The molecule has 0 fully saturated rings. The van der Waals surface area contributed by atoms with Crippen molar-refractivity contribution < 1.29 is 48.7 Å². The van der Waals surface area contributed by atoms with Crippen molar-refractivity contribution in [1.29, 1.82) is 0 Å². The Balaban J connectivity index is -0.000000500. The summed E-state index contributed by atoms with van der Waals surface area (Å²) < 4.78 is 19.9. The van der Waals surface area contributed by atoms with Crippen molar-refractivity contribution in [3.63, 3.8) is 0 Å². The van der Waals surface area contributed by atoms with Crippen LogP contribution in [-0.4, -0.2) is 35.4 Å². The van der Waals surface area contributed by atoms with Crippen LogP contribution >= 0.6 is 12.2 Å². The molecule has 0 bridgehead atoms. The van der Waals surface area contributed by atoms with E-state index in [2.05, 4.69) is 0 Å². The molecule has 0 heterocycles. The molecule has 0 aromatic heterocycles. The zero-order valence-corrected chi connectivity index (χ0v) is 11.9. The first-order valence-corrected chi connectivity index (χ1v) is 4.99. The maximum atomic E-state index is 5.09. The Hall–Kier alpha value is 0.987. The van der Waals surface area contributed by atoms with Crippen molar-refractivity contribution >= 4 is 26.3 Å². The number of rotatable bonds is 4. The quantitative estimate of drug-likeness (QED) is 0.398. The standard InChI is InChI=1S/C5H12O4SSi.Na.H/c1-5(10)9-11(6-2,7-3)8-4;;/h1-4H3;;/q;+1;-1. The molecule has 0 radical (unpaired) electrons. The van der Waals surface area contributed by atoms with Gasteiger partial charge in [-0.15, -0.1) is 0 Å². The summed E-state index contributed by atoms with van der Waals surface area (Å²) in [5.41, 5.74) is 0. The van der Waals surface area contributed by atoms with E-state index in [0.717, 1.165) is 0 Å². The average molecular weight is 220 g/mol. The van der Waals surface area contributed by atoms with Gasteiger partial charge in [0, 0.05) is 28.3 Å². The van der Waals surface area contributed by atoms with Crippen molar-refractivity contribution in [2.45, 2.75) is 6.92 Å². The fourth-order valence-corrected chi connectivity index (χ4v) is 1.96. The van der Waals surface area contributed by atoms with Gasteiger partial charge in [0.05, 0.1) is 0 Å². The summed E-state index contributed by atoms with van der Waals surface area (Å²) in [7, 11) is 1.45. The SMILES string of the molecule is CO[Si](OC)(OC)OC(C)=S.[H-].[Na+]. The first kappa shape index (κ1) is 15.5. The van der Waals surface area contributed by atoms with Crippen LogP contribution in [0.2, 0.25) is 0 Å². The smallest absolute Gasteiger partial charge is 1.00 e. The molecule has 4 nitrogen and oxygen atoms in total. The third-order valence-electron chi connectivity index (χ3n) is 1.02. The number of thiocarbonyl (C=S) groups is 1. The van der Waals surface area contributed by atoms with Crippen LogP contribution in [0.25, 0.3) is 0 Å². The molecule has 12 heavy (non-hydrogen) atoms. The minimum absolute atomic E-state index is 0. The predicted molar refractivity (Wildman–Crippen MR) is 47.3 cm³/mol. The van der Waals surface area contributed by atoms with Gasteiger partial charge in [0.2, 0.25) is 0 Å². The van der Waals surface area contributed by atoms with Crippen LogP contribution in [0.3, 0.4) is 0 Å². The molecule has 0 spiro atoms. The van der Waals surface area contributed by atoms with Crippen LogP contribution in [-0.2, 0) is 17.7 Å². The van der Waals surface area contributed by atoms with Crippen molar-refractivity contribution in [1.82, 2.24) is 0 Å². The predicted octanol–water partition coefficient (Wildman–Crippen LogP) is -2.16. The summed E-state index contributed by atoms with van der Waals surface area (Å²) in [5.74, 6) is 0. The zero-order chi connectivity index (χ0) is 8.91. The van der Waals surface area contributed by atoms with Crippen LogP contribution in [0.5, 0.6) is 0 Å². The Kier molecular flexibility index (Phi) is 9.53. The molecule has 0 atom stereocenters. The van der Waals surface area contributed by atoms with Gasteiger partial charge in [0.15, 0.2) is 0 Å². The maximum Gasteiger partial charge on any atom is 1.00 e. The summed E-state index contributed by atoms with van der Waals surface area (Å²) in [6.45, 7) is 1.63. The van der Waals surface area contributed by atoms with Crippen LogP contribution < -0.4 is 29.6 Å². The second kappa shape index (κ2) is 7.40. The van der Waals surface area contributed by atoms with E-state index in [1.54, 1.807) is 6.92 Å². The third-order valence-corrected chi connectivity index (χ3v) is 3.31. The van der Waals surface area contributed by atoms with Gasteiger partial charge >= 0.3 is 38.6 Å². The van der Waals surface area contributed by atoms with E-state index in [1.165, 1.54) is 21.3 Å². The fourth-order valence-electron chi connectivity index (χ4n) is 0.551. The van der Waals surface area contributed by atoms with Crippen molar-refractivity contribution in [3.05, 3.63) is 0 Å². The molecule has 0 aromatic rings. The van der Waals surface area contributed by atoms with Gasteiger partial charge in [-0.1, -0.05) is 0 Å². The van der Waals surface area contributed by atoms with Crippen LogP contribution in [0, 0.1) is 0 Å². The molecule has 0 saturated heterocycles. The Morgan fingerprint density at radius 1 is 1.17 bits per heavy atom.